The number of likely N-dealkylation sites (N-methyl/N-ethyl adjacent to an activating group) is 1. The van der Waals surface area contributed by atoms with E-state index in [1.165, 1.54) is 5.57 Å². The fourth-order valence-corrected chi connectivity index (χ4v) is 2.50. The lowest BCUT2D eigenvalue weighted by molar-refractivity contribution is -0.128. The van der Waals surface area contributed by atoms with Gasteiger partial charge in [0.25, 0.3) is 0 Å². The number of benzene rings is 1. The van der Waals surface area contributed by atoms with Gasteiger partial charge in [0.2, 0.25) is 5.91 Å². The number of carbonyl (C=O) groups excluding carboxylic acids is 1. The van der Waals surface area contributed by atoms with Crippen molar-refractivity contribution < 1.29 is 4.79 Å². The topological polar surface area (TPSA) is 71.2 Å². The number of nitrogen functional groups attached to an aromatic ring is 1. The van der Waals surface area contributed by atoms with Crippen molar-refractivity contribution in [2.24, 2.45) is 0 Å². The number of pyridine rings is 1. The Kier molecular flexibility index (Phi) is 24.9. The van der Waals surface area contributed by atoms with Crippen LogP contribution in [-0.4, -0.2) is 35.4 Å². The predicted molar refractivity (Wildman–Crippen MR) is 154 cm³/mol. The van der Waals surface area contributed by atoms with E-state index >= 15 is 0 Å². The first kappa shape index (κ1) is 35.1. The molecule has 0 spiro atoms. The van der Waals surface area contributed by atoms with Crippen molar-refractivity contribution in [3.63, 3.8) is 0 Å². The molecule has 2 rings (SSSR count). The highest BCUT2D eigenvalue weighted by molar-refractivity contribution is 5.93. The Balaban J connectivity index is -0.000000578. The first-order chi connectivity index (χ1) is 16.4. The molecule has 0 unspecified atom stereocenters. The average molecular weight is 467 g/mol. The van der Waals surface area contributed by atoms with Crippen LogP contribution < -0.4 is 11.1 Å². The number of allylic oxidation sites excluding steroid dienone is 5. The van der Waals surface area contributed by atoms with Crippen LogP contribution in [0.15, 0.2) is 66.9 Å². The molecule has 5 nitrogen and oxygen atoms in total. The van der Waals surface area contributed by atoms with Gasteiger partial charge >= 0.3 is 0 Å². The molecular weight excluding hydrogens is 420 g/mol. The van der Waals surface area contributed by atoms with Crippen LogP contribution in [0.4, 0.5) is 11.5 Å². The molecule has 1 aromatic heterocycles. The number of terminal acetylenes is 1. The van der Waals surface area contributed by atoms with E-state index in [1.54, 1.807) is 17.2 Å². The number of rotatable bonds is 7. The van der Waals surface area contributed by atoms with E-state index in [-0.39, 0.29) is 5.91 Å². The normalized spacial score (nSPS) is 8.76. The minimum atomic E-state index is 0.101. The number of fused-ring (bicyclic) bond motifs is 1. The van der Waals surface area contributed by atoms with Crippen LogP contribution in [0, 0.1) is 12.8 Å². The second-order valence-corrected chi connectivity index (χ2v) is 6.42. The molecule has 0 aliphatic carbocycles. The maximum Gasteiger partial charge on any atom is 0.241 e. The maximum atomic E-state index is 11.9. The number of aromatic nitrogens is 1. The predicted octanol–water partition coefficient (Wildman–Crippen LogP) is 7.09. The van der Waals surface area contributed by atoms with Gasteiger partial charge in [-0.15, -0.1) is 12.8 Å². The van der Waals surface area contributed by atoms with Crippen LogP contribution >= 0.6 is 0 Å². The molecule has 0 bridgehead atoms. The quantitative estimate of drug-likeness (QED) is 0.337. The van der Waals surface area contributed by atoms with Gasteiger partial charge in [-0.1, -0.05) is 64.2 Å². The Bertz CT molecular complexity index is 874. The lowest BCUT2D eigenvalue weighted by Crippen LogP contribution is -2.35. The van der Waals surface area contributed by atoms with E-state index in [1.807, 2.05) is 84.0 Å². The zero-order chi connectivity index (χ0) is 26.9. The largest absolute Gasteiger partial charge is 0.383 e. The number of hydrogen-bond acceptors (Lipinski definition) is 4. The second kappa shape index (κ2) is 24.1. The third kappa shape index (κ3) is 15.3. The summed E-state index contributed by atoms with van der Waals surface area (Å²) in [5.41, 5.74) is 8.03. The summed E-state index contributed by atoms with van der Waals surface area (Å²) < 4.78 is 0. The van der Waals surface area contributed by atoms with E-state index in [0.29, 0.717) is 12.4 Å². The Hall–Kier alpha value is -3.52. The van der Waals surface area contributed by atoms with Crippen molar-refractivity contribution in [2.75, 3.05) is 30.7 Å². The van der Waals surface area contributed by atoms with Crippen LogP contribution in [-0.2, 0) is 4.79 Å². The smallest absolute Gasteiger partial charge is 0.241 e. The molecule has 1 aromatic carbocycles. The summed E-state index contributed by atoms with van der Waals surface area (Å²) in [5.74, 6) is 0.623. The summed E-state index contributed by atoms with van der Waals surface area (Å²) in [5, 5.41) is 5.09. The highest BCUT2D eigenvalue weighted by Crippen LogP contribution is 2.22. The highest BCUT2D eigenvalue weighted by atomic mass is 16.2. The first-order valence-corrected chi connectivity index (χ1v) is 11.8. The van der Waals surface area contributed by atoms with Gasteiger partial charge in [0.1, 0.15) is 5.82 Å². The van der Waals surface area contributed by atoms with Gasteiger partial charge in [0.05, 0.1) is 6.54 Å². The first-order valence-electron chi connectivity index (χ1n) is 11.8. The molecular formula is C29H46N4O. The lowest BCUT2D eigenvalue weighted by atomic mass is 10.1. The fourth-order valence-electron chi connectivity index (χ4n) is 2.50. The molecule has 188 valence electrons. The number of carbonyl (C=O) groups is 1. The summed E-state index contributed by atoms with van der Waals surface area (Å²) in [6.45, 7) is 21.4. The molecule has 5 heteroatoms. The van der Waals surface area contributed by atoms with Gasteiger partial charge in [0.15, 0.2) is 0 Å². The van der Waals surface area contributed by atoms with Crippen LogP contribution in [0.5, 0.6) is 0 Å². The molecule has 0 aliphatic rings. The van der Waals surface area contributed by atoms with Crippen molar-refractivity contribution in [1.29, 1.82) is 0 Å². The molecule has 0 saturated heterocycles. The van der Waals surface area contributed by atoms with Crippen LogP contribution in [0.3, 0.4) is 0 Å². The molecule has 0 saturated carbocycles. The van der Waals surface area contributed by atoms with Gasteiger partial charge in [-0.25, -0.2) is 4.98 Å². The SMILES string of the molecule is C#C.C=C/C=C\C=C(C)C.CC.CC.CCN(CC)C(=O)CNc1ccc2c(N)nccc2c1. The summed E-state index contributed by atoms with van der Waals surface area (Å²) in [4.78, 5) is 17.8. The van der Waals surface area contributed by atoms with Crippen molar-refractivity contribution in [2.45, 2.75) is 55.4 Å². The van der Waals surface area contributed by atoms with Crippen molar-refractivity contribution in [3.05, 3.63) is 66.9 Å². The second-order valence-electron chi connectivity index (χ2n) is 6.42. The molecule has 0 fully saturated rings. The standard InChI is InChI=1S/C15H20N4O.C8H12.2C2H6.C2H2/c1-3-19(4-2)14(20)10-18-12-5-6-13-11(9-12)7-8-17-15(13)16;1-4-5-6-7-8(2)3;3*1-2/h5-9,18H,3-4,10H2,1-2H3,(H2,16,17);4-7H,1H2,2-3H3;2*1-2H3;1-2H/b;6-5-;;;. The van der Waals surface area contributed by atoms with E-state index in [0.717, 1.165) is 29.5 Å². The maximum absolute atomic E-state index is 11.9. The molecule has 1 amide bonds. The zero-order valence-electron chi connectivity index (χ0n) is 22.6. The van der Waals surface area contributed by atoms with Gasteiger partial charge < -0.3 is 16.0 Å². The third-order valence-corrected chi connectivity index (χ3v) is 4.03. The van der Waals surface area contributed by atoms with Gasteiger partial charge in [0, 0.05) is 30.4 Å². The Labute approximate surface area is 208 Å². The minimum absolute atomic E-state index is 0.101. The van der Waals surface area contributed by atoms with Crippen LogP contribution in [0.2, 0.25) is 0 Å². The van der Waals surface area contributed by atoms with E-state index < -0.39 is 0 Å². The Morgan fingerprint density at radius 3 is 2.18 bits per heavy atom. The molecule has 0 radical (unpaired) electrons. The lowest BCUT2D eigenvalue weighted by Gasteiger charge is -2.19. The molecule has 1 heterocycles. The molecule has 3 N–H and O–H groups in total. The van der Waals surface area contributed by atoms with Crippen molar-refractivity contribution >= 4 is 28.2 Å². The number of anilines is 2. The van der Waals surface area contributed by atoms with Gasteiger partial charge in [-0.05, 0) is 57.3 Å². The third-order valence-electron chi connectivity index (χ3n) is 4.03. The number of nitrogens with one attached hydrogen (secondary N) is 1. The number of nitrogens with two attached hydrogens (primary N) is 1. The summed E-state index contributed by atoms with van der Waals surface area (Å²) >= 11 is 0. The molecule has 0 atom stereocenters. The monoisotopic (exact) mass is 466 g/mol. The molecule has 34 heavy (non-hydrogen) atoms. The van der Waals surface area contributed by atoms with Gasteiger partial charge in [-0.2, -0.15) is 0 Å². The zero-order valence-corrected chi connectivity index (χ0v) is 22.6. The van der Waals surface area contributed by atoms with Crippen molar-refractivity contribution in [1.82, 2.24) is 9.88 Å². The highest BCUT2D eigenvalue weighted by Gasteiger charge is 2.09. The van der Waals surface area contributed by atoms with Crippen LogP contribution in [0.25, 0.3) is 10.8 Å². The van der Waals surface area contributed by atoms with E-state index in [2.05, 4.69) is 43.6 Å². The van der Waals surface area contributed by atoms with Crippen LogP contribution in [0.1, 0.15) is 55.4 Å². The van der Waals surface area contributed by atoms with E-state index in [9.17, 15) is 4.79 Å². The number of hydrogen-bond donors (Lipinski definition) is 2. The van der Waals surface area contributed by atoms with Crippen molar-refractivity contribution in [3.8, 4) is 12.8 Å². The summed E-state index contributed by atoms with van der Waals surface area (Å²) in [6.07, 6.45) is 17.4. The average Bonchev–Trinajstić information content (AvgIpc) is 2.87. The summed E-state index contributed by atoms with van der Waals surface area (Å²) in [7, 11) is 0. The number of nitrogens with zero attached hydrogens (tertiary/aromatic N) is 2. The molecule has 2 aromatic rings. The summed E-state index contributed by atoms with van der Waals surface area (Å²) in [6, 6.07) is 7.71. The van der Waals surface area contributed by atoms with E-state index in [4.69, 9.17) is 5.73 Å². The Morgan fingerprint density at radius 1 is 1.09 bits per heavy atom. The molecule has 0 aliphatic heterocycles. The number of amides is 1. The van der Waals surface area contributed by atoms with Gasteiger partial charge in [-0.3, -0.25) is 4.79 Å². The Morgan fingerprint density at radius 2 is 1.68 bits per heavy atom. The minimum Gasteiger partial charge on any atom is -0.383 e. The fraction of sp³-hybridized carbons (Fsp3) is 0.379.